The molecule has 1 fully saturated rings. The number of ether oxygens (including phenoxy) is 3. The van der Waals surface area contributed by atoms with Gasteiger partial charge in [0.15, 0.2) is 33.5 Å². The van der Waals surface area contributed by atoms with E-state index in [9.17, 15) is 9.59 Å². The SMILES string of the molecule is CC[n+]1c(CNC(=O)c2nc(Cl)c(N)nc2N)n(CC2CCN(C(=O)COCCOC)CC2)c2cc(OC)ccc21. The number of amides is 2. The maximum Gasteiger partial charge on any atom is 0.277 e. The van der Waals surface area contributed by atoms with Gasteiger partial charge >= 0.3 is 0 Å². The van der Waals surface area contributed by atoms with Crippen LogP contribution in [0.1, 0.15) is 36.1 Å². The summed E-state index contributed by atoms with van der Waals surface area (Å²) >= 11 is 5.99. The number of nitrogen functional groups attached to an aromatic ring is 2. The number of nitrogens with zero attached hydrogens (tertiary/aromatic N) is 5. The van der Waals surface area contributed by atoms with Gasteiger partial charge in [-0.25, -0.2) is 19.1 Å². The van der Waals surface area contributed by atoms with E-state index >= 15 is 0 Å². The van der Waals surface area contributed by atoms with E-state index < -0.39 is 5.91 Å². The number of hydrogen-bond donors (Lipinski definition) is 3. The first-order valence-electron chi connectivity index (χ1n) is 13.6. The van der Waals surface area contributed by atoms with Crippen LogP contribution in [0.25, 0.3) is 11.0 Å². The topological polar surface area (TPSA) is 164 Å². The van der Waals surface area contributed by atoms with Crippen molar-refractivity contribution in [2.24, 2.45) is 5.92 Å². The molecule has 5 N–H and O–H groups in total. The molecule has 13 nitrogen and oxygen atoms in total. The van der Waals surface area contributed by atoms with Gasteiger partial charge in [-0.1, -0.05) is 11.6 Å². The molecule has 0 bridgehead atoms. The number of aryl methyl sites for hydroxylation is 1. The van der Waals surface area contributed by atoms with E-state index in [2.05, 4.69) is 31.3 Å². The van der Waals surface area contributed by atoms with Crippen molar-refractivity contribution in [1.29, 1.82) is 0 Å². The van der Waals surface area contributed by atoms with E-state index in [1.54, 1.807) is 14.2 Å². The van der Waals surface area contributed by atoms with Gasteiger partial charge in [0.1, 0.15) is 18.9 Å². The Morgan fingerprint density at radius 1 is 1.15 bits per heavy atom. The van der Waals surface area contributed by atoms with Gasteiger partial charge in [0.2, 0.25) is 5.91 Å². The standard InChI is InChI=1S/C27H37ClN8O5/c1-4-35-19-6-5-18(40-3)13-20(19)36(15-17-7-9-34(10-8-17)22(37)16-41-12-11-39-2)21(35)14-31-27(38)23-25(29)33-26(30)24(28)32-23/h5-6,13,17H,4,7-12,14-16H2,1-3H3,(H4-,29,30,31,33,38)/p+1. The first kappa shape index (κ1) is 30.3. The zero-order valence-corrected chi connectivity index (χ0v) is 24.4. The lowest BCUT2D eigenvalue weighted by Crippen LogP contribution is -2.42. The van der Waals surface area contributed by atoms with Crippen LogP contribution in [0.4, 0.5) is 11.6 Å². The predicted molar refractivity (Wildman–Crippen MR) is 153 cm³/mol. The van der Waals surface area contributed by atoms with Crippen molar-refractivity contribution in [2.75, 3.05) is 58.6 Å². The molecular formula is C27H38ClN8O5+. The van der Waals surface area contributed by atoms with Gasteiger partial charge in [-0.15, -0.1) is 0 Å². The summed E-state index contributed by atoms with van der Waals surface area (Å²) in [6.45, 7) is 5.90. The molecule has 1 aliphatic rings. The van der Waals surface area contributed by atoms with Crippen molar-refractivity contribution < 1.29 is 28.4 Å². The minimum absolute atomic E-state index is 0.00641. The van der Waals surface area contributed by atoms with E-state index in [1.165, 1.54) is 0 Å². The van der Waals surface area contributed by atoms with E-state index in [1.807, 2.05) is 23.1 Å². The van der Waals surface area contributed by atoms with Crippen LogP contribution in [0.15, 0.2) is 18.2 Å². The van der Waals surface area contributed by atoms with E-state index in [0.717, 1.165) is 35.4 Å². The number of nitrogens with one attached hydrogen (secondary N) is 1. The number of hydrogen-bond acceptors (Lipinski definition) is 9. The second kappa shape index (κ2) is 13.8. The molecule has 2 amide bonds. The quantitative estimate of drug-likeness (QED) is 0.209. The van der Waals surface area contributed by atoms with Crippen LogP contribution in [-0.2, 0) is 33.9 Å². The Labute approximate surface area is 243 Å². The van der Waals surface area contributed by atoms with Crippen molar-refractivity contribution in [3.63, 3.8) is 0 Å². The van der Waals surface area contributed by atoms with Crippen molar-refractivity contribution >= 4 is 46.1 Å². The number of halogens is 1. The van der Waals surface area contributed by atoms with E-state index in [0.29, 0.717) is 45.3 Å². The summed E-state index contributed by atoms with van der Waals surface area (Å²) < 4.78 is 20.3. The third-order valence-corrected chi connectivity index (χ3v) is 7.57. The smallest absolute Gasteiger partial charge is 0.277 e. The molecular weight excluding hydrogens is 552 g/mol. The Morgan fingerprint density at radius 2 is 1.90 bits per heavy atom. The van der Waals surface area contributed by atoms with Crippen LogP contribution in [-0.4, -0.2) is 78.4 Å². The summed E-state index contributed by atoms with van der Waals surface area (Å²) in [5.74, 6) is 1.33. The van der Waals surface area contributed by atoms with Gasteiger partial charge in [0, 0.05) is 32.2 Å². The molecule has 3 heterocycles. The van der Waals surface area contributed by atoms with Gasteiger partial charge in [0.05, 0.1) is 33.4 Å². The lowest BCUT2D eigenvalue weighted by Gasteiger charge is -2.31. The fourth-order valence-electron chi connectivity index (χ4n) is 5.11. The molecule has 14 heteroatoms. The van der Waals surface area contributed by atoms with E-state index in [-0.39, 0.29) is 41.5 Å². The Kier molecular flexibility index (Phi) is 10.2. The average Bonchev–Trinajstić information content (AvgIpc) is 3.27. The maximum atomic E-state index is 13.0. The van der Waals surface area contributed by atoms with E-state index in [4.69, 9.17) is 37.3 Å². The highest BCUT2D eigenvalue weighted by molar-refractivity contribution is 6.31. The average molecular weight is 590 g/mol. The number of likely N-dealkylation sites (tertiary alicyclic amines) is 1. The number of rotatable bonds is 12. The largest absolute Gasteiger partial charge is 0.497 e. The molecule has 0 saturated carbocycles. The molecule has 222 valence electrons. The van der Waals surface area contributed by atoms with Gasteiger partial charge in [0.25, 0.3) is 11.7 Å². The number of carbonyl (C=O) groups excluding carboxylic acids is 2. The van der Waals surface area contributed by atoms with Gasteiger partial charge in [-0.3, -0.25) is 9.59 Å². The second-order valence-electron chi connectivity index (χ2n) is 9.81. The summed E-state index contributed by atoms with van der Waals surface area (Å²) in [6, 6.07) is 5.95. The van der Waals surface area contributed by atoms with Gasteiger partial charge < -0.3 is 35.9 Å². The van der Waals surface area contributed by atoms with Crippen molar-refractivity contribution in [3.05, 3.63) is 34.9 Å². The molecule has 41 heavy (non-hydrogen) atoms. The molecule has 3 aromatic rings. The number of nitrogens with two attached hydrogens (primary N) is 2. The highest BCUT2D eigenvalue weighted by Crippen LogP contribution is 2.26. The number of methoxy groups -OCH3 is 2. The zero-order chi connectivity index (χ0) is 29.5. The number of benzene rings is 1. The summed E-state index contributed by atoms with van der Waals surface area (Å²) in [7, 11) is 3.24. The first-order chi connectivity index (χ1) is 19.8. The monoisotopic (exact) mass is 589 g/mol. The van der Waals surface area contributed by atoms with Crippen LogP contribution in [0.5, 0.6) is 5.75 Å². The highest BCUT2D eigenvalue weighted by atomic mass is 35.5. The third-order valence-electron chi connectivity index (χ3n) is 7.30. The number of imidazole rings is 1. The van der Waals surface area contributed by atoms with Crippen molar-refractivity contribution in [3.8, 4) is 5.75 Å². The fourth-order valence-corrected chi connectivity index (χ4v) is 5.24. The molecule has 0 unspecified atom stereocenters. The number of anilines is 2. The first-order valence-corrected chi connectivity index (χ1v) is 13.9. The lowest BCUT2D eigenvalue weighted by molar-refractivity contribution is -0.676. The molecule has 0 aliphatic carbocycles. The van der Waals surface area contributed by atoms with Gasteiger partial charge in [-0.2, -0.15) is 0 Å². The highest BCUT2D eigenvalue weighted by Gasteiger charge is 2.30. The summed E-state index contributed by atoms with van der Waals surface area (Å²) in [5.41, 5.74) is 13.5. The Morgan fingerprint density at radius 3 is 2.59 bits per heavy atom. The molecule has 1 aliphatic heterocycles. The molecule has 1 aromatic carbocycles. The predicted octanol–water partition coefficient (Wildman–Crippen LogP) is 1.40. The molecule has 0 atom stereocenters. The summed E-state index contributed by atoms with van der Waals surface area (Å²) in [4.78, 5) is 35.4. The Hall–Kier alpha value is -3.68. The molecule has 1 saturated heterocycles. The molecule has 0 spiro atoms. The number of fused-ring (bicyclic) bond motifs is 1. The van der Waals surface area contributed by atoms with Crippen LogP contribution >= 0.6 is 11.6 Å². The number of piperidine rings is 1. The summed E-state index contributed by atoms with van der Waals surface area (Å²) in [6.07, 6.45) is 1.70. The zero-order valence-electron chi connectivity index (χ0n) is 23.7. The second-order valence-corrected chi connectivity index (χ2v) is 10.2. The van der Waals surface area contributed by atoms with Crippen molar-refractivity contribution in [1.82, 2.24) is 24.8 Å². The van der Waals surface area contributed by atoms with Crippen LogP contribution in [0, 0.1) is 5.92 Å². The molecule has 4 rings (SSSR count). The Balaban J connectivity index is 1.54. The van der Waals surface area contributed by atoms with Gasteiger partial charge in [-0.05, 0) is 31.9 Å². The van der Waals surface area contributed by atoms with Crippen LogP contribution < -0.4 is 26.1 Å². The number of aromatic nitrogens is 4. The van der Waals surface area contributed by atoms with Crippen LogP contribution in [0.3, 0.4) is 0 Å². The Bertz CT molecular complexity index is 1390. The maximum absolute atomic E-state index is 13.0. The molecule has 2 aromatic heterocycles. The fraction of sp³-hybridized carbons (Fsp3) is 0.519. The normalized spacial score (nSPS) is 14.0. The minimum atomic E-state index is -0.506. The third kappa shape index (κ3) is 6.97. The lowest BCUT2D eigenvalue weighted by atomic mass is 9.96. The van der Waals surface area contributed by atoms with Crippen molar-refractivity contribution in [2.45, 2.75) is 39.4 Å². The minimum Gasteiger partial charge on any atom is -0.497 e. The van der Waals surface area contributed by atoms with Crippen LogP contribution in [0.2, 0.25) is 5.15 Å². The summed E-state index contributed by atoms with van der Waals surface area (Å²) in [5, 5.41) is 2.84. The number of carbonyl (C=O) groups is 2. The molecule has 0 radical (unpaired) electrons.